The Morgan fingerprint density at radius 3 is 2.50 bits per heavy atom. The van der Waals surface area contributed by atoms with Gasteiger partial charge in [-0.2, -0.15) is 0 Å². The number of hydrogen-bond acceptors (Lipinski definition) is 1. The summed E-state index contributed by atoms with van der Waals surface area (Å²) in [6, 6.07) is 5.21. The second kappa shape index (κ2) is 3.83. The maximum atomic E-state index is 8.90. The lowest BCUT2D eigenvalue weighted by Gasteiger charge is -2.01. The van der Waals surface area contributed by atoms with E-state index in [2.05, 4.69) is 6.58 Å². The second-order valence-electron chi connectivity index (χ2n) is 2.49. The predicted octanol–water partition coefficient (Wildman–Crippen LogP) is 3.61. The van der Waals surface area contributed by atoms with E-state index < -0.39 is 0 Å². The molecule has 0 atom stereocenters. The maximum absolute atomic E-state index is 8.90. The van der Waals surface area contributed by atoms with Crippen LogP contribution in [0.5, 0.6) is 0 Å². The summed E-state index contributed by atoms with van der Waals surface area (Å²) in [6.45, 7) is 3.38. The standard InChI is InChI=1S/C9H8Cl2O/c1-6(12)4-7-2-3-8(10)9(11)5-7/h2-3,5,12H,1,4H2. The molecular formula is C9H8Cl2O. The molecule has 1 rings (SSSR count). The SMILES string of the molecule is C=C(O)Cc1ccc(Cl)c(Cl)c1. The van der Waals surface area contributed by atoms with Crippen LogP contribution in [0.25, 0.3) is 0 Å². The zero-order valence-corrected chi connectivity index (χ0v) is 7.86. The number of allylic oxidation sites excluding steroid dienone is 1. The fourth-order valence-electron chi connectivity index (χ4n) is 0.885. The predicted molar refractivity (Wildman–Crippen MR) is 51.9 cm³/mol. The van der Waals surface area contributed by atoms with Gasteiger partial charge in [0.15, 0.2) is 0 Å². The molecule has 0 radical (unpaired) electrons. The minimum atomic E-state index is 0.119. The van der Waals surface area contributed by atoms with Crippen LogP contribution in [-0.2, 0) is 6.42 Å². The molecule has 0 amide bonds. The Labute approximate surface area is 81.2 Å². The molecule has 0 spiro atoms. The van der Waals surface area contributed by atoms with Gasteiger partial charge in [-0.3, -0.25) is 0 Å². The van der Waals surface area contributed by atoms with E-state index in [0.717, 1.165) is 5.56 Å². The van der Waals surface area contributed by atoms with Gasteiger partial charge in [0.05, 0.1) is 15.8 Å². The first-order valence-corrected chi connectivity index (χ1v) is 4.16. The Hall–Kier alpha value is -0.660. The highest BCUT2D eigenvalue weighted by atomic mass is 35.5. The van der Waals surface area contributed by atoms with E-state index in [-0.39, 0.29) is 5.76 Å². The molecule has 12 heavy (non-hydrogen) atoms. The van der Waals surface area contributed by atoms with Crippen molar-refractivity contribution in [3.8, 4) is 0 Å². The van der Waals surface area contributed by atoms with Crippen LogP contribution in [0.2, 0.25) is 10.0 Å². The highest BCUT2D eigenvalue weighted by molar-refractivity contribution is 6.42. The minimum Gasteiger partial charge on any atom is -0.513 e. The van der Waals surface area contributed by atoms with Crippen molar-refractivity contribution in [1.82, 2.24) is 0 Å². The molecule has 0 saturated carbocycles. The largest absolute Gasteiger partial charge is 0.513 e. The van der Waals surface area contributed by atoms with Crippen molar-refractivity contribution in [3.05, 3.63) is 46.1 Å². The van der Waals surface area contributed by atoms with Crippen LogP contribution in [-0.4, -0.2) is 5.11 Å². The van der Waals surface area contributed by atoms with Crippen molar-refractivity contribution >= 4 is 23.2 Å². The molecule has 64 valence electrons. The van der Waals surface area contributed by atoms with Crippen molar-refractivity contribution in [2.75, 3.05) is 0 Å². The molecule has 0 fully saturated rings. The van der Waals surface area contributed by atoms with Crippen molar-refractivity contribution in [2.45, 2.75) is 6.42 Å². The molecule has 1 N–H and O–H groups in total. The molecule has 0 heterocycles. The van der Waals surface area contributed by atoms with Gasteiger partial charge >= 0.3 is 0 Å². The van der Waals surface area contributed by atoms with Gasteiger partial charge in [-0.05, 0) is 17.7 Å². The molecule has 0 aromatic heterocycles. The quantitative estimate of drug-likeness (QED) is 0.728. The van der Waals surface area contributed by atoms with Crippen molar-refractivity contribution < 1.29 is 5.11 Å². The van der Waals surface area contributed by atoms with Gasteiger partial charge in [-0.15, -0.1) is 0 Å². The average Bonchev–Trinajstić information content (AvgIpc) is 1.96. The summed E-state index contributed by atoms with van der Waals surface area (Å²) in [7, 11) is 0. The summed E-state index contributed by atoms with van der Waals surface area (Å²) in [6.07, 6.45) is 0.414. The Balaban J connectivity index is 2.89. The molecule has 0 aliphatic carbocycles. The van der Waals surface area contributed by atoms with E-state index in [4.69, 9.17) is 28.3 Å². The lowest BCUT2D eigenvalue weighted by atomic mass is 10.1. The number of rotatable bonds is 2. The smallest absolute Gasteiger partial charge is 0.0894 e. The molecule has 1 aromatic rings. The maximum Gasteiger partial charge on any atom is 0.0894 e. The molecule has 0 aliphatic rings. The van der Waals surface area contributed by atoms with Crippen LogP contribution in [0.15, 0.2) is 30.5 Å². The lowest BCUT2D eigenvalue weighted by Crippen LogP contribution is -1.87. The van der Waals surface area contributed by atoms with E-state index >= 15 is 0 Å². The zero-order valence-electron chi connectivity index (χ0n) is 6.35. The van der Waals surface area contributed by atoms with Crippen molar-refractivity contribution in [2.24, 2.45) is 0 Å². The van der Waals surface area contributed by atoms with Gasteiger partial charge in [-0.25, -0.2) is 0 Å². The fraction of sp³-hybridized carbons (Fsp3) is 0.111. The molecular weight excluding hydrogens is 195 g/mol. The van der Waals surface area contributed by atoms with Gasteiger partial charge < -0.3 is 5.11 Å². The molecule has 0 bridgehead atoms. The van der Waals surface area contributed by atoms with Gasteiger partial charge in [0, 0.05) is 6.42 Å². The molecule has 0 unspecified atom stereocenters. The first-order valence-electron chi connectivity index (χ1n) is 3.40. The van der Waals surface area contributed by atoms with Gasteiger partial charge in [0.2, 0.25) is 0 Å². The van der Waals surface area contributed by atoms with E-state index in [0.29, 0.717) is 16.5 Å². The molecule has 3 heteroatoms. The summed E-state index contributed by atoms with van der Waals surface area (Å²) in [5, 5.41) is 9.91. The summed E-state index contributed by atoms with van der Waals surface area (Å²) in [5.74, 6) is 0.119. The fourth-order valence-corrected chi connectivity index (χ4v) is 1.21. The number of hydrogen-bond donors (Lipinski definition) is 1. The third kappa shape index (κ3) is 2.43. The van der Waals surface area contributed by atoms with E-state index in [1.54, 1.807) is 18.2 Å². The normalized spacial score (nSPS) is 9.83. The number of benzene rings is 1. The first kappa shape index (κ1) is 9.43. The first-order chi connectivity index (χ1) is 5.59. The van der Waals surface area contributed by atoms with E-state index in [1.165, 1.54) is 0 Å². The monoisotopic (exact) mass is 202 g/mol. The summed E-state index contributed by atoms with van der Waals surface area (Å²) in [4.78, 5) is 0. The lowest BCUT2D eigenvalue weighted by molar-refractivity contribution is 0.401. The highest BCUT2D eigenvalue weighted by Crippen LogP contribution is 2.23. The number of aliphatic hydroxyl groups excluding tert-OH is 1. The van der Waals surface area contributed by atoms with Gasteiger partial charge in [0.25, 0.3) is 0 Å². The molecule has 1 aromatic carbocycles. The number of aliphatic hydroxyl groups is 1. The third-order valence-corrected chi connectivity index (χ3v) is 2.13. The van der Waals surface area contributed by atoms with Crippen LogP contribution >= 0.6 is 23.2 Å². The zero-order chi connectivity index (χ0) is 9.14. The van der Waals surface area contributed by atoms with Crippen LogP contribution in [0, 0.1) is 0 Å². The number of halogens is 2. The van der Waals surface area contributed by atoms with Crippen LogP contribution < -0.4 is 0 Å². The van der Waals surface area contributed by atoms with E-state index in [1.807, 2.05) is 0 Å². The topological polar surface area (TPSA) is 20.2 Å². The molecule has 1 nitrogen and oxygen atoms in total. The third-order valence-electron chi connectivity index (χ3n) is 1.39. The summed E-state index contributed by atoms with van der Waals surface area (Å²) < 4.78 is 0. The summed E-state index contributed by atoms with van der Waals surface area (Å²) in [5.41, 5.74) is 0.900. The minimum absolute atomic E-state index is 0.119. The van der Waals surface area contributed by atoms with Crippen LogP contribution in [0.4, 0.5) is 0 Å². The Bertz CT molecular complexity index is 307. The molecule has 0 aliphatic heterocycles. The van der Waals surface area contributed by atoms with Crippen molar-refractivity contribution in [3.63, 3.8) is 0 Å². The Morgan fingerprint density at radius 2 is 2.00 bits per heavy atom. The van der Waals surface area contributed by atoms with Crippen molar-refractivity contribution in [1.29, 1.82) is 0 Å². The highest BCUT2D eigenvalue weighted by Gasteiger charge is 1.99. The van der Waals surface area contributed by atoms with E-state index in [9.17, 15) is 0 Å². The van der Waals surface area contributed by atoms with Gasteiger partial charge in [-0.1, -0.05) is 35.8 Å². The second-order valence-corrected chi connectivity index (χ2v) is 3.31. The molecule has 0 saturated heterocycles. The Morgan fingerprint density at radius 1 is 1.33 bits per heavy atom. The van der Waals surface area contributed by atoms with Gasteiger partial charge in [0.1, 0.15) is 0 Å². The summed E-state index contributed by atoms with van der Waals surface area (Å²) >= 11 is 11.5. The Kier molecular flexibility index (Phi) is 3.01. The van der Waals surface area contributed by atoms with Crippen LogP contribution in [0.3, 0.4) is 0 Å². The average molecular weight is 203 g/mol. The van der Waals surface area contributed by atoms with Crippen LogP contribution in [0.1, 0.15) is 5.56 Å².